The fraction of sp³-hybridized carbons (Fsp3) is 0.417. The van der Waals surface area contributed by atoms with Crippen LogP contribution >= 0.6 is 0 Å². The molecule has 0 heterocycles. The number of Topliss-reactive ketones (excluding diaryl/α,β-unsaturated/α-hetero) is 1. The Balaban J connectivity index is 2.22. The molecule has 0 aliphatic heterocycles. The lowest BCUT2D eigenvalue weighted by Crippen LogP contribution is -2.05. The largest absolute Gasteiger partial charge is 0.495 e. The number of rotatable bonds is 4. The standard InChI is InChI=1S/C12H15NO2/c1-15-11-4-2-3-9(12(11)13)10(14)7-8-5-6-8/h2-4,8H,5-7,13H2,1H3. The number of carbonyl (C=O) groups excluding carboxylic acids is 1. The van der Waals surface area contributed by atoms with Crippen molar-refractivity contribution in [3.05, 3.63) is 23.8 Å². The number of benzene rings is 1. The average molecular weight is 205 g/mol. The predicted octanol–water partition coefficient (Wildman–Crippen LogP) is 2.26. The molecule has 1 aliphatic carbocycles. The first kappa shape index (κ1) is 10.0. The second kappa shape index (κ2) is 3.93. The molecule has 0 atom stereocenters. The third kappa shape index (κ3) is 2.12. The van der Waals surface area contributed by atoms with Gasteiger partial charge in [-0.15, -0.1) is 0 Å². The predicted molar refractivity (Wildman–Crippen MR) is 59.1 cm³/mol. The van der Waals surface area contributed by atoms with Crippen molar-refractivity contribution in [3.8, 4) is 5.75 Å². The molecule has 1 aromatic carbocycles. The first-order valence-corrected chi connectivity index (χ1v) is 5.18. The quantitative estimate of drug-likeness (QED) is 0.606. The van der Waals surface area contributed by atoms with Gasteiger partial charge in [0.25, 0.3) is 0 Å². The van der Waals surface area contributed by atoms with E-state index in [-0.39, 0.29) is 5.78 Å². The van der Waals surface area contributed by atoms with E-state index in [1.165, 1.54) is 12.8 Å². The molecule has 1 saturated carbocycles. The van der Waals surface area contributed by atoms with Crippen molar-refractivity contribution < 1.29 is 9.53 Å². The molecule has 0 bridgehead atoms. The number of hydrogen-bond acceptors (Lipinski definition) is 3. The van der Waals surface area contributed by atoms with Crippen LogP contribution in [0.5, 0.6) is 5.75 Å². The zero-order valence-corrected chi connectivity index (χ0v) is 8.82. The number of carbonyl (C=O) groups is 1. The van der Waals surface area contributed by atoms with Crippen LogP contribution in [0.1, 0.15) is 29.6 Å². The van der Waals surface area contributed by atoms with Crippen LogP contribution < -0.4 is 10.5 Å². The van der Waals surface area contributed by atoms with E-state index >= 15 is 0 Å². The van der Waals surface area contributed by atoms with Crippen molar-refractivity contribution in [2.45, 2.75) is 19.3 Å². The van der Waals surface area contributed by atoms with Crippen molar-refractivity contribution in [2.75, 3.05) is 12.8 Å². The van der Waals surface area contributed by atoms with Crippen LogP contribution in [0.15, 0.2) is 18.2 Å². The lowest BCUT2D eigenvalue weighted by molar-refractivity contribution is 0.0976. The third-order valence-electron chi connectivity index (χ3n) is 2.76. The van der Waals surface area contributed by atoms with E-state index in [2.05, 4.69) is 0 Å². The molecule has 0 amide bonds. The molecular weight excluding hydrogens is 190 g/mol. The van der Waals surface area contributed by atoms with Crippen molar-refractivity contribution in [3.63, 3.8) is 0 Å². The lowest BCUT2D eigenvalue weighted by atomic mass is 10.0. The molecule has 0 aromatic heterocycles. The molecule has 1 aromatic rings. The summed E-state index contributed by atoms with van der Waals surface area (Å²) < 4.78 is 5.08. The van der Waals surface area contributed by atoms with Crippen LogP contribution in [0, 0.1) is 5.92 Å². The van der Waals surface area contributed by atoms with Gasteiger partial charge in [0.1, 0.15) is 5.75 Å². The molecule has 0 radical (unpaired) electrons. The Morgan fingerprint density at radius 3 is 2.87 bits per heavy atom. The summed E-state index contributed by atoms with van der Waals surface area (Å²) in [7, 11) is 1.56. The number of anilines is 1. The number of nitrogen functional groups attached to an aromatic ring is 1. The van der Waals surface area contributed by atoms with Gasteiger partial charge in [0, 0.05) is 12.0 Å². The molecule has 1 fully saturated rings. The highest BCUT2D eigenvalue weighted by Gasteiger charge is 2.26. The van der Waals surface area contributed by atoms with E-state index in [9.17, 15) is 4.79 Å². The number of methoxy groups -OCH3 is 1. The Morgan fingerprint density at radius 2 is 2.27 bits per heavy atom. The first-order chi connectivity index (χ1) is 7.22. The van der Waals surface area contributed by atoms with Crippen molar-refractivity contribution in [1.82, 2.24) is 0 Å². The number of ketones is 1. The molecule has 2 N–H and O–H groups in total. The van der Waals surface area contributed by atoms with E-state index in [0.717, 1.165) is 0 Å². The van der Waals surface area contributed by atoms with Gasteiger partial charge in [0.15, 0.2) is 5.78 Å². The monoisotopic (exact) mass is 205 g/mol. The molecule has 15 heavy (non-hydrogen) atoms. The maximum atomic E-state index is 11.8. The molecule has 1 aliphatic rings. The van der Waals surface area contributed by atoms with Crippen LogP contribution in [0.3, 0.4) is 0 Å². The highest BCUT2D eigenvalue weighted by Crippen LogP contribution is 2.35. The Bertz CT molecular complexity index is 383. The molecule has 80 valence electrons. The van der Waals surface area contributed by atoms with E-state index in [1.807, 2.05) is 0 Å². The minimum absolute atomic E-state index is 0.133. The molecule has 0 saturated heterocycles. The van der Waals surface area contributed by atoms with Gasteiger partial charge in [-0.1, -0.05) is 6.07 Å². The van der Waals surface area contributed by atoms with Gasteiger partial charge in [0.2, 0.25) is 0 Å². The zero-order valence-electron chi connectivity index (χ0n) is 8.82. The Hall–Kier alpha value is -1.51. The minimum Gasteiger partial charge on any atom is -0.495 e. The first-order valence-electron chi connectivity index (χ1n) is 5.18. The Morgan fingerprint density at radius 1 is 1.53 bits per heavy atom. The summed E-state index contributed by atoms with van der Waals surface area (Å²) in [6, 6.07) is 5.33. The van der Waals surface area contributed by atoms with E-state index < -0.39 is 0 Å². The summed E-state index contributed by atoms with van der Waals surface area (Å²) in [5.41, 5.74) is 6.91. The zero-order chi connectivity index (χ0) is 10.8. The van der Waals surface area contributed by atoms with E-state index in [4.69, 9.17) is 10.5 Å². The second-order valence-electron chi connectivity index (χ2n) is 3.99. The summed E-state index contributed by atoms with van der Waals surface area (Å²) in [5.74, 6) is 1.30. The van der Waals surface area contributed by atoms with Gasteiger partial charge in [0.05, 0.1) is 12.8 Å². The molecule has 2 rings (SSSR count). The molecule has 0 spiro atoms. The maximum Gasteiger partial charge on any atom is 0.165 e. The minimum atomic E-state index is 0.133. The fourth-order valence-corrected chi connectivity index (χ4v) is 1.66. The Labute approximate surface area is 89.2 Å². The summed E-state index contributed by atoms with van der Waals surface area (Å²) in [6.07, 6.45) is 2.97. The smallest absolute Gasteiger partial charge is 0.165 e. The van der Waals surface area contributed by atoms with Crippen LogP contribution in [-0.2, 0) is 0 Å². The summed E-state index contributed by atoms with van der Waals surface area (Å²) in [6.45, 7) is 0. The van der Waals surface area contributed by atoms with Crippen molar-refractivity contribution in [2.24, 2.45) is 5.92 Å². The second-order valence-corrected chi connectivity index (χ2v) is 3.99. The van der Waals surface area contributed by atoms with Crippen molar-refractivity contribution >= 4 is 11.5 Å². The average Bonchev–Trinajstić information content (AvgIpc) is 3.02. The Kier molecular flexibility index (Phi) is 2.62. The lowest BCUT2D eigenvalue weighted by Gasteiger charge is -2.08. The third-order valence-corrected chi connectivity index (χ3v) is 2.76. The number of ether oxygens (including phenoxy) is 1. The molecule has 3 heteroatoms. The van der Waals surface area contributed by atoms with Crippen LogP contribution in [0.2, 0.25) is 0 Å². The van der Waals surface area contributed by atoms with E-state index in [1.54, 1.807) is 25.3 Å². The highest BCUT2D eigenvalue weighted by molar-refractivity contribution is 6.02. The van der Waals surface area contributed by atoms with Crippen LogP contribution in [0.25, 0.3) is 0 Å². The molecule has 3 nitrogen and oxygen atoms in total. The highest BCUT2D eigenvalue weighted by atomic mass is 16.5. The van der Waals surface area contributed by atoms with Crippen LogP contribution in [-0.4, -0.2) is 12.9 Å². The SMILES string of the molecule is COc1cccc(C(=O)CC2CC2)c1N. The van der Waals surface area contributed by atoms with Gasteiger partial charge < -0.3 is 10.5 Å². The summed E-state index contributed by atoms with van der Waals surface area (Å²) in [5, 5.41) is 0. The van der Waals surface area contributed by atoms with Gasteiger partial charge in [-0.2, -0.15) is 0 Å². The van der Waals surface area contributed by atoms with Crippen LogP contribution in [0.4, 0.5) is 5.69 Å². The van der Waals surface area contributed by atoms with Gasteiger partial charge in [-0.05, 0) is 30.9 Å². The maximum absolute atomic E-state index is 11.8. The van der Waals surface area contributed by atoms with Gasteiger partial charge >= 0.3 is 0 Å². The summed E-state index contributed by atoms with van der Waals surface area (Å²) in [4.78, 5) is 11.8. The van der Waals surface area contributed by atoms with Crippen molar-refractivity contribution in [1.29, 1.82) is 0 Å². The number of para-hydroxylation sites is 1. The number of nitrogens with two attached hydrogens (primary N) is 1. The fourth-order valence-electron chi connectivity index (χ4n) is 1.66. The number of hydrogen-bond donors (Lipinski definition) is 1. The topological polar surface area (TPSA) is 52.3 Å². The van der Waals surface area contributed by atoms with E-state index in [0.29, 0.717) is 29.3 Å². The molecule has 0 unspecified atom stereocenters. The molecular formula is C12H15NO2. The van der Waals surface area contributed by atoms with Gasteiger partial charge in [-0.3, -0.25) is 4.79 Å². The van der Waals surface area contributed by atoms with Gasteiger partial charge in [-0.25, -0.2) is 0 Å². The summed E-state index contributed by atoms with van der Waals surface area (Å²) >= 11 is 0. The normalized spacial score (nSPS) is 15.0.